The van der Waals surface area contributed by atoms with Crippen molar-refractivity contribution in [1.29, 1.82) is 0 Å². The quantitative estimate of drug-likeness (QED) is 0.377. The summed E-state index contributed by atoms with van der Waals surface area (Å²) in [5.74, 6) is 0.156. The van der Waals surface area contributed by atoms with E-state index in [-0.39, 0.29) is 22.4 Å². The molecule has 0 radical (unpaired) electrons. The SMILES string of the molecule is Cc1cccc(C(=COC(F)(F)F)O[Si](C(C)C)(C(C)C)C(C)C)c1. The second kappa shape index (κ2) is 8.30. The lowest BCUT2D eigenvalue weighted by Crippen LogP contribution is -2.47. The molecule has 0 saturated carbocycles. The van der Waals surface area contributed by atoms with Crippen molar-refractivity contribution in [2.24, 2.45) is 0 Å². The molecular weight excluding hydrogens is 345 g/mol. The third kappa shape index (κ3) is 5.52. The Morgan fingerprint density at radius 1 is 1.00 bits per heavy atom. The Hall–Kier alpha value is -1.43. The number of halogens is 3. The predicted molar refractivity (Wildman–Crippen MR) is 98.4 cm³/mol. The summed E-state index contributed by atoms with van der Waals surface area (Å²) in [7, 11) is -2.40. The van der Waals surface area contributed by atoms with Crippen LogP contribution in [0.15, 0.2) is 30.5 Å². The van der Waals surface area contributed by atoms with Crippen LogP contribution in [0.25, 0.3) is 5.76 Å². The molecule has 1 aromatic carbocycles. The van der Waals surface area contributed by atoms with Crippen LogP contribution < -0.4 is 0 Å². The van der Waals surface area contributed by atoms with E-state index >= 15 is 0 Å². The van der Waals surface area contributed by atoms with Gasteiger partial charge in [-0.2, -0.15) is 0 Å². The molecule has 6 heteroatoms. The summed E-state index contributed by atoms with van der Waals surface area (Å²) >= 11 is 0. The van der Waals surface area contributed by atoms with E-state index in [1.165, 1.54) is 0 Å². The average molecular weight is 375 g/mol. The summed E-state index contributed by atoms with van der Waals surface area (Å²) in [6.45, 7) is 14.4. The molecular formula is C19H29F3O2Si. The topological polar surface area (TPSA) is 18.5 Å². The van der Waals surface area contributed by atoms with Crippen molar-refractivity contribution >= 4 is 14.1 Å². The molecule has 0 N–H and O–H groups in total. The van der Waals surface area contributed by atoms with Gasteiger partial charge >= 0.3 is 6.36 Å². The highest BCUT2D eigenvalue weighted by atomic mass is 28.4. The summed E-state index contributed by atoms with van der Waals surface area (Å²) in [6.07, 6.45) is -4.03. The molecule has 0 unspecified atom stereocenters. The zero-order valence-electron chi connectivity index (χ0n) is 16.1. The number of hydrogen-bond acceptors (Lipinski definition) is 2. The highest BCUT2D eigenvalue weighted by Gasteiger charge is 2.47. The maximum Gasteiger partial charge on any atom is 0.572 e. The zero-order chi connectivity index (χ0) is 19.4. The van der Waals surface area contributed by atoms with E-state index in [9.17, 15) is 13.2 Å². The normalized spacial score (nSPS) is 13.7. The number of aryl methyl sites for hydroxylation is 1. The third-order valence-corrected chi connectivity index (χ3v) is 10.6. The largest absolute Gasteiger partial charge is 0.572 e. The van der Waals surface area contributed by atoms with Crippen molar-refractivity contribution in [3.05, 3.63) is 41.7 Å². The monoisotopic (exact) mass is 374 g/mol. The first-order valence-electron chi connectivity index (χ1n) is 8.61. The first kappa shape index (κ1) is 21.6. The standard InChI is InChI=1S/C19H29F3O2Si/c1-13(2)25(14(3)4,15(5)6)24-18(12-23-19(20,21)22)17-10-8-9-16(7)11-17/h8-15H,1-7H3. The van der Waals surface area contributed by atoms with Crippen molar-refractivity contribution in [2.75, 3.05) is 0 Å². The number of benzene rings is 1. The summed E-state index contributed by atoms with van der Waals surface area (Å²) < 4.78 is 48.3. The Bertz CT molecular complexity index is 571. The van der Waals surface area contributed by atoms with E-state index in [1.807, 2.05) is 19.1 Å². The van der Waals surface area contributed by atoms with Crippen LogP contribution in [0.3, 0.4) is 0 Å². The minimum Gasteiger partial charge on any atom is -0.540 e. The van der Waals surface area contributed by atoms with Crippen molar-refractivity contribution < 1.29 is 22.3 Å². The first-order chi connectivity index (χ1) is 11.4. The molecule has 0 heterocycles. The van der Waals surface area contributed by atoms with E-state index in [1.54, 1.807) is 12.1 Å². The summed E-state index contributed by atoms with van der Waals surface area (Å²) in [6, 6.07) is 7.26. The Labute approximate surface area is 150 Å². The van der Waals surface area contributed by atoms with Crippen LogP contribution >= 0.6 is 0 Å². The Balaban J connectivity index is 3.41. The van der Waals surface area contributed by atoms with Gasteiger partial charge in [0.05, 0.1) is 0 Å². The van der Waals surface area contributed by atoms with Gasteiger partial charge in [0.25, 0.3) is 8.32 Å². The van der Waals surface area contributed by atoms with Gasteiger partial charge in [-0.05, 0) is 29.6 Å². The Morgan fingerprint density at radius 2 is 1.52 bits per heavy atom. The van der Waals surface area contributed by atoms with Crippen LogP contribution in [0.4, 0.5) is 13.2 Å². The van der Waals surface area contributed by atoms with Crippen LogP contribution in [0.5, 0.6) is 0 Å². The average Bonchev–Trinajstić information content (AvgIpc) is 2.45. The smallest absolute Gasteiger partial charge is 0.540 e. The third-order valence-electron chi connectivity index (χ3n) is 4.60. The van der Waals surface area contributed by atoms with Crippen molar-refractivity contribution in [3.63, 3.8) is 0 Å². The fraction of sp³-hybridized carbons (Fsp3) is 0.579. The number of alkyl halides is 3. The van der Waals surface area contributed by atoms with Crippen LogP contribution in [-0.2, 0) is 9.16 Å². The van der Waals surface area contributed by atoms with Crippen molar-refractivity contribution in [2.45, 2.75) is 71.5 Å². The number of rotatable bonds is 7. The van der Waals surface area contributed by atoms with Crippen molar-refractivity contribution in [3.8, 4) is 0 Å². The minimum atomic E-state index is -4.74. The highest BCUT2D eigenvalue weighted by Crippen LogP contribution is 2.45. The van der Waals surface area contributed by atoms with Crippen LogP contribution in [-0.4, -0.2) is 14.7 Å². The second-order valence-electron chi connectivity index (χ2n) is 7.33. The van der Waals surface area contributed by atoms with Gasteiger partial charge in [-0.3, -0.25) is 0 Å². The molecule has 0 aliphatic heterocycles. The van der Waals surface area contributed by atoms with Crippen LogP contribution in [0.1, 0.15) is 52.7 Å². The summed E-state index contributed by atoms with van der Waals surface area (Å²) in [4.78, 5) is 0. The van der Waals surface area contributed by atoms with Gasteiger partial charge in [-0.15, -0.1) is 13.2 Å². The Morgan fingerprint density at radius 3 is 1.92 bits per heavy atom. The van der Waals surface area contributed by atoms with Crippen molar-refractivity contribution in [1.82, 2.24) is 0 Å². The summed E-state index contributed by atoms with van der Waals surface area (Å²) in [5.41, 5.74) is 2.28. The molecule has 0 atom stereocenters. The molecule has 0 aromatic heterocycles. The lowest BCUT2D eigenvalue weighted by molar-refractivity contribution is -0.298. The van der Waals surface area contributed by atoms with E-state index < -0.39 is 14.7 Å². The molecule has 25 heavy (non-hydrogen) atoms. The van der Waals surface area contributed by atoms with E-state index in [4.69, 9.17) is 4.43 Å². The maximum atomic E-state index is 12.6. The van der Waals surface area contributed by atoms with Gasteiger partial charge in [0.15, 0.2) is 0 Å². The molecule has 2 nitrogen and oxygen atoms in total. The highest BCUT2D eigenvalue weighted by molar-refractivity contribution is 6.78. The fourth-order valence-electron chi connectivity index (χ4n) is 3.61. The molecule has 0 aliphatic rings. The second-order valence-corrected chi connectivity index (χ2v) is 12.7. The molecule has 0 spiro atoms. The van der Waals surface area contributed by atoms with Gasteiger partial charge in [0.2, 0.25) is 0 Å². The van der Waals surface area contributed by atoms with E-state index in [2.05, 4.69) is 46.3 Å². The molecule has 1 rings (SSSR count). The molecule has 0 fully saturated rings. The Kier molecular flexibility index (Phi) is 7.17. The van der Waals surface area contributed by atoms with Crippen LogP contribution in [0.2, 0.25) is 16.6 Å². The number of hydrogen-bond donors (Lipinski definition) is 0. The van der Waals surface area contributed by atoms with Gasteiger partial charge in [0, 0.05) is 5.56 Å². The predicted octanol–water partition coefficient (Wildman–Crippen LogP) is 7.02. The molecule has 0 aliphatic carbocycles. The molecule has 0 saturated heterocycles. The summed E-state index contributed by atoms with van der Waals surface area (Å²) in [5, 5.41) is 0. The van der Waals surface area contributed by atoms with Crippen LogP contribution in [0, 0.1) is 6.92 Å². The van der Waals surface area contributed by atoms with E-state index in [0.29, 0.717) is 11.8 Å². The maximum absolute atomic E-state index is 12.6. The van der Waals surface area contributed by atoms with Gasteiger partial charge in [0.1, 0.15) is 12.0 Å². The van der Waals surface area contributed by atoms with E-state index in [0.717, 1.165) is 5.56 Å². The lowest BCUT2D eigenvalue weighted by Gasteiger charge is -2.42. The molecule has 0 amide bonds. The molecule has 0 bridgehead atoms. The van der Waals surface area contributed by atoms with Gasteiger partial charge in [-0.1, -0.05) is 65.3 Å². The lowest BCUT2D eigenvalue weighted by atomic mass is 10.1. The molecule has 142 valence electrons. The van der Waals surface area contributed by atoms with Gasteiger partial charge < -0.3 is 9.16 Å². The fourth-order valence-corrected chi connectivity index (χ4v) is 8.87. The number of ether oxygens (including phenoxy) is 1. The zero-order valence-corrected chi connectivity index (χ0v) is 17.1. The first-order valence-corrected chi connectivity index (χ1v) is 10.7. The minimum absolute atomic E-state index is 0.156. The van der Waals surface area contributed by atoms with Gasteiger partial charge in [-0.25, -0.2) is 0 Å². The molecule has 1 aromatic rings.